The first-order valence-corrected chi connectivity index (χ1v) is 4.57. The summed E-state index contributed by atoms with van der Waals surface area (Å²) in [7, 11) is 3.90. The molecule has 0 bridgehead atoms. The average Bonchev–Trinajstić information content (AvgIpc) is 2.48. The zero-order valence-electron chi connectivity index (χ0n) is 8.83. The van der Waals surface area contributed by atoms with Crippen molar-refractivity contribution in [3.63, 3.8) is 0 Å². The molecule has 4 heteroatoms. The van der Waals surface area contributed by atoms with Crippen molar-refractivity contribution in [3.05, 3.63) is 11.9 Å². The van der Waals surface area contributed by atoms with E-state index in [4.69, 9.17) is 0 Å². The summed E-state index contributed by atoms with van der Waals surface area (Å²) in [6, 6.07) is 0. The Balaban J connectivity index is 2.74. The molecule has 0 spiro atoms. The molecular formula is C9H18N4. The molecule has 0 aliphatic rings. The Morgan fingerprint density at radius 3 is 2.69 bits per heavy atom. The molecule has 0 saturated carbocycles. The first-order chi connectivity index (χ1) is 6.08. The van der Waals surface area contributed by atoms with Crippen LogP contribution in [0.5, 0.6) is 0 Å². The third kappa shape index (κ3) is 2.28. The zero-order valence-corrected chi connectivity index (χ0v) is 8.83. The van der Waals surface area contributed by atoms with E-state index < -0.39 is 0 Å². The molecule has 0 aliphatic heterocycles. The SMILES string of the molecule is CNCCC(C)(C)c1cnnn1C. The number of rotatable bonds is 4. The summed E-state index contributed by atoms with van der Waals surface area (Å²) in [5.74, 6) is 0. The molecule has 0 radical (unpaired) electrons. The number of aromatic nitrogens is 3. The lowest BCUT2D eigenvalue weighted by Crippen LogP contribution is -2.25. The summed E-state index contributed by atoms with van der Waals surface area (Å²) < 4.78 is 1.84. The molecule has 0 saturated heterocycles. The van der Waals surface area contributed by atoms with E-state index in [9.17, 15) is 0 Å². The highest BCUT2D eigenvalue weighted by Gasteiger charge is 2.23. The maximum Gasteiger partial charge on any atom is 0.0730 e. The molecule has 1 heterocycles. The van der Waals surface area contributed by atoms with Crippen molar-refractivity contribution in [1.29, 1.82) is 0 Å². The second-order valence-corrected chi connectivity index (χ2v) is 3.98. The van der Waals surface area contributed by atoms with E-state index in [1.54, 1.807) is 0 Å². The normalized spacial score (nSPS) is 12.0. The summed E-state index contributed by atoms with van der Waals surface area (Å²) in [4.78, 5) is 0. The molecule has 0 unspecified atom stereocenters. The average molecular weight is 182 g/mol. The second kappa shape index (κ2) is 3.87. The van der Waals surface area contributed by atoms with Gasteiger partial charge in [-0.05, 0) is 20.0 Å². The molecule has 74 valence electrons. The molecule has 1 aromatic heterocycles. The minimum absolute atomic E-state index is 0.140. The van der Waals surface area contributed by atoms with Crippen molar-refractivity contribution >= 4 is 0 Å². The Bertz CT molecular complexity index is 264. The van der Waals surface area contributed by atoms with Crippen molar-refractivity contribution in [2.24, 2.45) is 7.05 Å². The maximum atomic E-state index is 3.94. The van der Waals surface area contributed by atoms with Gasteiger partial charge < -0.3 is 5.32 Å². The Morgan fingerprint density at radius 2 is 2.23 bits per heavy atom. The van der Waals surface area contributed by atoms with E-state index in [2.05, 4.69) is 29.5 Å². The van der Waals surface area contributed by atoms with Gasteiger partial charge >= 0.3 is 0 Å². The van der Waals surface area contributed by atoms with Gasteiger partial charge in [0.25, 0.3) is 0 Å². The fourth-order valence-corrected chi connectivity index (χ4v) is 1.47. The lowest BCUT2D eigenvalue weighted by Gasteiger charge is -2.23. The number of hydrogen-bond donors (Lipinski definition) is 1. The fourth-order valence-electron chi connectivity index (χ4n) is 1.47. The van der Waals surface area contributed by atoms with Gasteiger partial charge in [-0.2, -0.15) is 0 Å². The predicted octanol–water partition coefficient (Wildman–Crippen LogP) is 0.702. The first-order valence-electron chi connectivity index (χ1n) is 4.57. The standard InChI is InChI=1S/C9H18N4/c1-9(2,5-6-10-3)8-7-11-12-13(8)4/h7,10H,5-6H2,1-4H3. The molecule has 1 N–H and O–H groups in total. The molecular weight excluding hydrogens is 164 g/mol. The number of nitrogens with zero attached hydrogens (tertiary/aromatic N) is 3. The van der Waals surface area contributed by atoms with E-state index in [1.807, 2.05) is 25.0 Å². The lowest BCUT2D eigenvalue weighted by atomic mass is 9.86. The van der Waals surface area contributed by atoms with E-state index in [-0.39, 0.29) is 5.41 Å². The van der Waals surface area contributed by atoms with E-state index in [0.29, 0.717) is 0 Å². The van der Waals surface area contributed by atoms with Crippen LogP contribution in [0.3, 0.4) is 0 Å². The Labute approximate surface area is 79.3 Å². The van der Waals surface area contributed by atoms with Gasteiger partial charge in [-0.25, -0.2) is 0 Å². The van der Waals surface area contributed by atoms with Crippen LogP contribution in [-0.2, 0) is 12.5 Å². The van der Waals surface area contributed by atoms with Crippen LogP contribution >= 0.6 is 0 Å². The van der Waals surface area contributed by atoms with Crippen molar-refractivity contribution in [1.82, 2.24) is 20.3 Å². The van der Waals surface area contributed by atoms with Gasteiger partial charge in [0.2, 0.25) is 0 Å². The van der Waals surface area contributed by atoms with Gasteiger partial charge in [0.1, 0.15) is 0 Å². The van der Waals surface area contributed by atoms with Crippen LogP contribution in [-0.4, -0.2) is 28.6 Å². The summed E-state index contributed by atoms with van der Waals surface area (Å²) in [6.45, 7) is 5.43. The smallest absolute Gasteiger partial charge is 0.0730 e. The highest BCUT2D eigenvalue weighted by molar-refractivity contribution is 5.09. The molecule has 4 nitrogen and oxygen atoms in total. The monoisotopic (exact) mass is 182 g/mol. The number of aryl methyl sites for hydroxylation is 1. The van der Waals surface area contributed by atoms with Crippen molar-refractivity contribution < 1.29 is 0 Å². The van der Waals surface area contributed by atoms with Crippen LogP contribution < -0.4 is 5.32 Å². The van der Waals surface area contributed by atoms with Crippen molar-refractivity contribution in [2.75, 3.05) is 13.6 Å². The summed E-state index contributed by atoms with van der Waals surface area (Å²) >= 11 is 0. The largest absolute Gasteiger partial charge is 0.320 e. The molecule has 0 fully saturated rings. The van der Waals surface area contributed by atoms with Gasteiger partial charge in [-0.1, -0.05) is 19.1 Å². The second-order valence-electron chi connectivity index (χ2n) is 3.98. The minimum atomic E-state index is 0.140. The highest BCUT2D eigenvalue weighted by atomic mass is 15.4. The topological polar surface area (TPSA) is 42.7 Å². The van der Waals surface area contributed by atoms with Crippen LogP contribution in [0.4, 0.5) is 0 Å². The molecule has 0 amide bonds. The Hall–Kier alpha value is -0.900. The Kier molecular flexibility index (Phi) is 3.03. The first kappa shape index (κ1) is 10.2. The zero-order chi connectivity index (χ0) is 9.90. The van der Waals surface area contributed by atoms with Crippen LogP contribution in [0.1, 0.15) is 26.0 Å². The maximum absolute atomic E-state index is 3.94. The fraction of sp³-hybridized carbons (Fsp3) is 0.778. The summed E-state index contributed by atoms with van der Waals surface area (Å²) in [5, 5.41) is 11.0. The predicted molar refractivity (Wildman–Crippen MR) is 52.6 cm³/mol. The van der Waals surface area contributed by atoms with Gasteiger partial charge in [0, 0.05) is 12.5 Å². The molecule has 0 atom stereocenters. The highest BCUT2D eigenvalue weighted by Crippen LogP contribution is 2.24. The molecule has 0 aromatic carbocycles. The van der Waals surface area contributed by atoms with Gasteiger partial charge in [-0.3, -0.25) is 4.68 Å². The van der Waals surface area contributed by atoms with E-state index in [0.717, 1.165) is 13.0 Å². The quantitative estimate of drug-likeness (QED) is 0.745. The Morgan fingerprint density at radius 1 is 1.54 bits per heavy atom. The number of hydrogen-bond acceptors (Lipinski definition) is 3. The van der Waals surface area contributed by atoms with E-state index >= 15 is 0 Å². The number of nitrogens with one attached hydrogen (secondary N) is 1. The molecule has 0 aliphatic carbocycles. The third-order valence-corrected chi connectivity index (χ3v) is 2.41. The minimum Gasteiger partial charge on any atom is -0.320 e. The molecule has 13 heavy (non-hydrogen) atoms. The summed E-state index contributed by atoms with van der Waals surface area (Å²) in [5.41, 5.74) is 1.32. The van der Waals surface area contributed by atoms with E-state index in [1.165, 1.54) is 5.69 Å². The molecule has 1 aromatic rings. The lowest BCUT2D eigenvalue weighted by molar-refractivity contribution is 0.433. The van der Waals surface area contributed by atoms with Crippen LogP contribution in [0.25, 0.3) is 0 Å². The third-order valence-electron chi connectivity index (χ3n) is 2.41. The van der Waals surface area contributed by atoms with Gasteiger partial charge in [0.05, 0.1) is 11.9 Å². The van der Waals surface area contributed by atoms with Gasteiger partial charge in [0.15, 0.2) is 0 Å². The van der Waals surface area contributed by atoms with Crippen LogP contribution in [0, 0.1) is 0 Å². The molecule has 1 rings (SSSR count). The van der Waals surface area contributed by atoms with Crippen LogP contribution in [0.15, 0.2) is 6.20 Å². The van der Waals surface area contributed by atoms with Crippen LogP contribution in [0.2, 0.25) is 0 Å². The van der Waals surface area contributed by atoms with Crippen molar-refractivity contribution in [3.8, 4) is 0 Å². The van der Waals surface area contributed by atoms with Crippen molar-refractivity contribution in [2.45, 2.75) is 25.7 Å². The van der Waals surface area contributed by atoms with Gasteiger partial charge in [-0.15, -0.1) is 5.10 Å². The summed E-state index contributed by atoms with van der Waals surface area (Å²) in [6.07, 6.45) is 2.93.